The van der Waals surface area contributed by atoms with Gasteiger partial charge in [-0.2, -0.15) is 4.90 Å². The van der Waals surface area contributed by atoms with Crippen molar-refractivity contribution in [2.75, 3.05) is 11.4 Å². The molecular formula is C22H27N2+. The van der Waals surface area contributed by atoms with Crippen LogP contribution in [0.3, 0.4) is 0 Å². The maximum absolute atomic E-state index is 4.32. The van der Waals surface area contributed by atoms with Crippen LogP contribution in [0.5, 0.6) is 0 Å². The van der Waals surface area contributed by atoms with E-state index in [9.17, 15) is 0 Å². The van der Waals surface area contributed by atoms with Gasteiger partial charge in [0.15, 0.2) is 6.54 Å². The Morgan fingerprint density at radius 3 is 1.75 bits per heavy atom. The van der Waals surface area contributed by atoms with E-state index in [4.69, 9.17) is 0 Å². The second-order valence-electron chi connectivity index (χ2n) is 7.17. The van der Waals surface area contributed by atoms with E-state index in [2.05, 4.69) is 88.2 Å². The molecule has 1 heterocycles. The van der Waals surface area contributed by atoms with E-state index in [1.54, 1.807) is 0 Å². The Morgan fingerprint density at radius 1 is 0.792 bits per heavy atom. The van der Waals surface area contributed by atoms with Gasteiger partial charge in [-0.25, -0.2) is 4.58 Å². The highest BCUT2D eigenvalue weighted by Gasteiger charge is 2.30. The molecule has 2 aromatic carbocycles. The molecular weight excluding hydrogens is 292 g/mol. The van der Waals surface area contributed by atoms with Crippen molar-refractivity contribution in [2.24, 2.45) is 0 Å². The molecule has 0 amide bonds. The molecule has 0 aromatic heterocycles. The van der Waals surface area contributed by atoms with Crippen LogP contribution < -0.4 is 4.90 Å². The van der Waals surface area contributed by atoms with Gasteiger partial charge >= 0.3 is 0 Å². The van der Waals surface area contributed by atoms with E-state index in [0.29, 0.717) is 0 Å². The van der Waals surface area contributed by atoms with Crippen molar-refractivity contribution in [2.45, 2.75) is 41.5 Å². The largest absolute Gasteiger partial charge is 0.250 e. The predicted molar refractivity (Wildman–Crippen MR) is 104 cm³/mol. The molecule has 2 aromatic rings. The van der Waals surface area contributed by atoms with Gasteiger partial charge in [0.1, 0.15) is 17.1 Å². The summed E-state index contributed by atoms with van der Waals surface area (Å²) >= 11 is 0. The first-order valence-corrected chi connectivity index (χ1v) is 8.52. The Balaban J connectivity index is 2.10. The average Bonchev–Trinajstić information content (AvgIpc) is 2.78. The molecule has 24 heavy (non-hydrogen) atoms. The summed E-state index contributed by atoms with van der Waals surface area (Å²) in [5.41, 5.74) is 11.5. The fourth-order valence-corrected chi connectivity index (χ4v) is 4.07. The van der Waals surface area contributed by atoms with Crippen molar-refractivity contribution in [3.8, 4) is 0 Å². The second-order valence-corrected chi connectivity index (χ2v) is 7.17. The minimum absolute atomic E-state index is 0.831. The van der Waals surface area contributed by atoms with Gasteiger partial charge in [-0.3, -0.25) is 0 Å². The first kappa shape index (κ1) is 16.5. The fourth-order valence-electron chi connectivity index (χ4n) is 4.07. The quantitative estimate of drug-likeness (QED) is 0.686. The van der Waals surface area contributed by atoms with Gasteiger partial charge in [0.2, 0.25) is 6.34 Å². The SMILES string of the molecule is C=C1C[N+](c2c(C)cc(C)cc2C)=CN1c1c(C)cc(C)cc1C. The molecule has 0 saturated carbocycles. The molecule has 124 valence electrons. The number of hydrogen-bond donors (Lipinski definition) is 0. The number of nitrogens with zero attached hydrogens (tertiary/aromatic N) is 2. The number of benzene rings is 2. The molecule has 0 radical (unpaired) electrons. The summed E-state index contributed by atoms with van der Waals surface area (Å²) in [6.07, 6.45) is 2.21. The molecule has 0 atom stereocenters. The first-order chi connectivity index (χ1) is 11.3. The van der Waals surface area contributed by atoms with Crippen LogP contribution in [0, 0.1) is 41.5 Å². The Morgan fingerprint density at radius 2 is 1.25 bits per heavy atom. The summed E-state index contributed by atoms with van der Waals surface area (Å²) in [5, 5.41) is 0. The Bertz CT molecular complexity index is 826. The molecule has 2 nitrogen and oxygen atoms in total. The molecule has 0 spiro atoms. The average molecular weight is 319 g/mol. The van der Waals surface area contributed by atoms with Gasteiger partial charge in [0.05, 0.1) is 0 Å². The first-order valence-electron chi connectivity index (χ1n) is 8.52. The van der Waals surface area contributed by atoms with Gasteiger partial charge < -0.3 is 0 Å². The highest BCUT2D eigenvalue weighted by Crippen LogP contribution is 2.33. The molecule has 1 aliphatic rings. The van der Waals surface area contributed by atoms with Gasteiger partial charge in [0, 0.05) is 0 Å². The minimum Gasteiger partial charge on any atom is -0.225 e. The lowest BCUT2D eigenvalue weighted by Crippen LogP contribution is -2.18. The van der Waals surface area contributed by atoms with Crippen molar-refractivity contribution in [3.05, 3.63) is 69.9 Å². The van der Waals surface area contributed by atoms with E-state index in [0.717, 1.165) is 12.2 Å². The normalized spacial score (nSPS) is 14.3. The van der Waals surface area contributed by atoms with Crippen LogP contribution in [0.1, 0.15) is 33.4 Å². The van der Waals surface area contributed by atoms with Crippen LogP contribution in [0.15, 0.2) is 36.5 Å². The zero-order chi connectivity index (χ0) is 17.6. The summed E-state index contributed by atoms with van der Waals surface area (Å²) < 4.78 is 2.32. The molecule has 0 aliphatic carbocycles. The zero-order valence-corrected chi connectivity index (χ0v) is 15.7. The Labute approximate surface area is 145 Å². The van der Waals surface area contributed by atoms with E-state index in [-0.39, 0.29) is 0 Å². The zero-order valence-electron chi connectivity index (χ0n) is 15.7. The topological polar surface area (TPSA) is 6.25 Å². The van der Waals surface area contributed by atoms with Gasteiger partial charge in [-0.15, -0.1) is 0 Å². The van der Waals surface area contributed by atoms with E-state index < -0.39 is 0 Å². The third-order valence-electron chi connectivity index (χ3n) is 4.75. The van der Waals surface area contributed by atoms with E-state index >= 15 is 0 Å². The molecule has 0 unspecified atom stereocenters. The van der Waals surface area contributed by atoms with Crippen molar-refractivity contribution in [1.29, 1.82) is 0 Å². The molecule has 2 heteroatoms. The molecule has 0 bridgehead atoms. The smallest absolute Gasteiger partial charge is 0.225 e. The highest BCUT2D eigenvalue weighted by molar-refractivity contribution is 5.86. The van der Waals surface area contributed by atoms with Gasteiger partial charge in [-0.1, -0.05) is 42.0 Å². The maximum Gasteiger partial charge on any atom is 0.250 e. The summed E-state index contributed by atoms with van der Waals surface area (Å²) in [5.74, 6) is 0. The van der Waals surface area contributed by atoms with Crippen molar-refractivity contribution in [3.63, 3.8) is 0 Å². The summed E-state index contributed by atoms with van der Waals surface area (Å²) in [6, 6.07) is 9.00. The summed E-state index contributed by atoms with van der Waals surface area (Å²) in [7, 11) is 0. The van der Waals surface area contributed by atoms with Gasteiger partial charge in [-0.05, 0) is 63.8 Å². The number of aryl methyl sites for hydroxylation is 6. The Hall–Kier alpha value is -2.35. The molecule has 3 rings (SSSR count). The van der Waals surface area contributed by atoms with Crippen molar-refractivity contribution >= 4 is 17.7 Å². The van der Waals surface area contributed by atoms with Crippen LogP contribution in [0.2, 0.25) is 0 Å². The Kier molecular flexibility index (Phi) is 4.08. The van der Waals surface area contributed by atoms with Crippen LogP contribution in [-0.4, -0.2) is 17.5 Å². The lowest BCUT2D eigenvalue weighted by molar-refractivity contribution is -0.420. The van der Waals surface area contributed by atoms with Crippen LogP contribution in [0.25, 0.3) is 0 Å². The fraction of sp³-hybridized carbons (Fsp3) is 0.318. The summed E-state index contributed by atoms with van der Waals surface area (Å²) in [6.45, 7) is 18.2. The number of hydrogen-bond acceptors (Lipinski definition) is 1. The molecule has 0 N–H and O–H groups in total. The van der Waals surface area contributed by atoms with Gasteiger partial charge in [0.25, 0.3) is 0 Å². The third kappa shape index (κ3) is 2.77. The van der Waals surface area contributed by atoms with Crippen molar-refractivity contribution in [1.82, 2.24) is 0 Å². The standard InChI is InChI=1S/C22H27N2/c1-14-8-16(3)21(17(4)9-14)23-12-20(7)24(13-23)22-18(5)10-15(2)11-19(22)6/h8-11,13H,7,12H2,1-6H3/q+1. The lowest BCUT2D eigenvalue weighted by atomic mass is 10.0. The van der Waals surface area contributed by atoms with E-state index in [1.165, 1.54) is 44.8 Å². The molecule has 1 aliphatic heterocycles. The van der Waals surface area contributed by atoms with E-state index in [1.807, 2.05) is 0 Å². The third-order valence-corrected chi connectivity index (χ3v) is 4.75. The number of anilines is 1. The van der Waals surface area contributed by atoms with Crippen LogP contribution in [0.4, 0.5) is 11.4 Å². The maximum atomic E-state index is 4.32. The highest BCUT2D eigenvalue weighted by atomic mass is 15.3. The minimum atomic E-state index is 0.831. The van der Waals surface area contributed by atoms with Crippen LogP contribution in [-0.2, 0) is 0 Å². The van der Waals surface area contributed by atoms with Crippen LogP contribution >= 0.6 is 0 Å². The predicted octanol–water partition coefficient (Wildman–Crippen LogP) is 5.24. The number of rotatable bonds is 2. The monoisotopic (exact) mass is 319 g/mol. The molecule has 0 saturated heterocycles. The molecule has 0 fully saturated rings. The van der Waals surface area contributed by atoms with Crippen molar-refractivity contribution < 1.29 is 4.58 Å². The summed E-state index contributed by atoms with van der Waals surface area (Å²) in [4.78, 5) is 2.25. The lowest BCUT2D eigenvalue weighted by Gasteiger charge is -2.14. The second kappa shape index (κ2) is 5.94.